The molecule has 5 nitrogen and oxygen atoms in total. The number of benzene rings is 1. The van der Waals surface area contributed by atoms with Crippen molar-refractivity contribution in [3.05, 3.63) is 41.3 Å². The number of thiophene rings is 1. The Labute approximate surface area is 154 Å². The number of piperazine rings is 1. The third kappa shape index (κ3) is 4.54. The number of sulfonamides is 1. The van der Waals surface area contributed by atoms with Crippen molar-refractivity contribution in [1.29, 1.82) is 0 Å². The minimum Gasteiger partial charge on any atom is -0.369 e. The summed E-state index contributed by atoms with van der Waals surface area (Å²) in [6.07, 6.45) is 1.19. The zero-order valence-corrected chi connectivity index (χ0v) is 16.4. The molecule has 0 radical (unpaired) electrons. The van der Waals surface area contributed by atoms with Crippen LogP contribution in [-0.4, -0.2) is 46.0 Å². The highest BCUT2D eigenvalue weighted by Gasteiger charge is 2.18. The first-order valence-corrected chi connectivity index (χ1v) is 10.9. The Morgan fingerprint density at radius 1 is 1.04 bits per heavy atom. The van der Waals surface area contributed by atoms with E-state index < -0.39 is 10.0 Å². The van der Waals surface area contributed by atoms with E-state index in [1.165, 1.54) is 17.8 Å². The molecule has 0 atom stereocenters. The van der Waals surface area contributed by atoms with Crippen LogP contribution in [0, 0.1) is 6.92 Å². The third-order valence-electron chi connectivity index (χ3n) is 4.38. The first-order chi connectivity index (χ1) is 12.0. The van der Waals surface area contributed by atoms with Crippen molar-refractivity contribution in [2.24, 2.45) is 0 Å². The molecule has 1 aromatic heterocycles. The van der Waals surface area contributed by atoms with Gasteiger partial charge in [0.25, 0.3) is 10.0 Å². The van der Waals surface area contributed by atoms with Crippen molar-refractivity contribution in [3.8, 4) is 0 Å². The number of nitrogens with zero attached hydrogens (tertiary/aromatic N) is 2. The van der Waals surface area contributed by atoms with Gasteiger partial charge in [0.2, 0.25) is 0 Å². The van der Waals surface area contributed by atoms with E-state index in [9.17, 15) is 8.42 Å². The van der Waals surface area contributed by atoms with Gasteiger partial charge >= 0.3 is 0 Å². The van der Waals surface area contributed by atoms with Crippen LogP contribution in [0.3, 0.4) is 0 Å². The van der Waals surface area contributed by atoms with Crippen LogP contribution in [0.15, 0.2) is 40.6 Å². The largest absolute Gasteiger partial charge is 0.369 e. The first kappa shape index (κ1) is 18.2. The summed E-state index contributed by atoms with van der Waals surface area (Å²) in [5, 5.41) is 0. The summed E-state index contributed by atoms with van der Waals surface area (Å²) < 4.78 is 27.8. The van der Waals surface area contributed by atoms with Gasteiger partial charge in [-0.2, -0.15) is 0 Å². The molecule has 2 aromatic rings. The number of aryl methyl sites for hydroxylation is 1. The van der Waals surface area contributed by atoms with E-state index >= 15 is 0 Å². The van der Waals surface area contributed by atoms with Gasteiger partial charge in [-0.25, -0.2) is 8.42 Å². The zero-order chi connectivity index (χ0) is 17.9. The summed E-state index contributed by atoms with van der Waals surface area (Å²) >= 11 is 1.28. The second-order valence-corrected chi connectivity index (χ2v) is 9.54. The standard InChI is InChI=1S/C18H25N3O2S2/c1-3-10-20-11-13-21(14-12-20)17-7-5-16(6-8-17)19-25(22,23)18-9-4-15(2)24-18/h4-9,19H,3,10-14H2,1-2H3. The highest BCUT2D eigenvalue weighted by atomic mass is 32.2. The van der Waals surface area contributed by atoms with Gasteiger partial charge in [-0.1, -0.05) is 6.92 Å². The number of anilines is 2. The van der Waals surface area contributed by atoms with Gasteiger partial charge < -0.3 is 4.90 Å². The fourth-order valence-corrected chi connectivity index (χ4v) is 5.39. The second kappa shape index (κ2) is 7.76. The number of nitrogens with one attached hydrogen (secondary N) is 1. The SMILES string of the molecule is CCCN1CCN(c2ccc(NS(=O)(=O)c3ccc(C)s3)cc2)CC1. The molecular formula is C18H25N3O2S2. The summed E-state index contributed by atoms with van der Waals surface area (Å²) in [6.45, 7) is 9.47. The molecule has 25 heavy (non-hydrogen) atoms. The lowest BCUT2D eigenvalue weighted by Crippen LogP contribution is -2.46. The summed E-state index contributed by atoms with van der Waals surface area (Å²) in [7, 11) is -3.50. The van der Waals surface area contributed by atoms with Gasteiger partial charge in [0.05, 0.1) is 0 Å². The molecule has 0 amide bonds. The fraction of sp³-hybridized carbons (Fsp3) is 0.444. The van der Waals surface area contributed by atoms with Gasteiger partial charge in [0.15, 0.2) is 0 Å². The fourth-order valence-electron chi connectivity index (χ4n) is 3.05. The van der Waals surface area contributed by atoms with Crippen LogP contribution >= 0.6 is 11.3 Å². The van der Waals surface area contributed by atoms with Crippen LogP contribution in [-0.2, 0) is 10.0 Å². The van der Waals surface area contributed by atoms with E-state index in [0.29, 0.717) is 9.90 Å². The molecule has 2 heterocycles. The maximum Gasteiger partial charge on any atom is 0.271 e. The van der Waals surface area contributed by atoms with Crippen molar-refractivity contribution in [3.63, 3.8) is 0 Å². The molecule has 0 bridgehead atoms. The van der Waals surface area contributed by atoms with Gasteiger partial charge in [0, 0.05) is 42.4 Å². The number of hydrogen-bond acceptors (Lipinski definition) is 5. The van der Waals surface area contributed by atoms with E-state index in [-0.39, 0.29) is 0 Å². The lowest BCUT2D eigenvalue weighted by Gasteiger charge is -2.36. The maximum absolute atomic E-state index is 12.4. The molecule has 136 valence electrons. The van der Waals surface area contributed by atoms with E-state index in [0.717, 1.165) is 43.3 Å². The molecule has 1 fully saturated rings. The molecule has 1 aliphatic heterocycles. The normalized spacial score (nSPS) is 16.2. The highest BCUT2D eigenvalue weighted by Crippen LogP contribution is 2.25. The van der Waals surface area contributed by atoms with Crippen molar-refractivity contribution in [1.82, 2.24) is 4.90 Å². The third-order valence-corrected chi connectivity index (χ3v) is 7.25. The molecule has 1 aliphatic rings. The van der Waals surface area contributed by atoms with E-state index in [2.05, 4.69) is 21.4 Å². The van der Waals surface area contributed by atoms with Crippen LogP contribution < -0.4 is 9.62 Å². The minimum absolute atomic E-state index is 0.348. The Bertz CT molecular complexity index is 792. The summed E-state index contributed by atoms with van der Waals surface area (Å²) in [5.74, 6) is 0. The van der Waals surface area contributed by atoms with Crippen LogP contribution in [0.1, 0.15) is 18.2 Å². The molecule has 1 aromatic carbocycles. The molecule has 3 rings (SSSR count). The van der Waals surface area contributed by atoms with Crippen molar-refractivity contribution in [2.45, 2.75) is 24.5 Å². The lowest BCUT2D eigenvalue weighted by atomic mass is 10.2. The maximum atomic E-state index is 12.4. The van der Waals surface area contributed by atoms with Crippen molar-refractivity contribution in [2.75, 3.05) is 42.3 Å². The quantitative estimate of drug-likeness (QED) is 0.836. The smallest absolute Gasteiger partial charge is 0.271 e. The Morgan fingerprint density at radius 3 is 2.28 bits per heavy atom. The highest BCUT2D eigenvalue weighted by molar-refractivity contribution is 7.94. The number of rotatable bonds is 6. The van der Waals surface area contributed by atoms with Crippen LogP contribution in [0.2, 0.25) is 0 Å². The number of hydrogen-bond donors (Lipinski definition) is 1. The predicted octanol–water partition coefficient (Wildman–Crippen LogP) is 3.39. The Morgan fingerprint density at radius 2 is 1.72 bits per heavy atom. The minimum atomic E-state index is -3.50. The molecule has 0 unspecified atom stereocenters. The summed E-state index contributed by atoms with van der Waals surface area (Å²) in [4.78, 5) is 5.83. The van der Waals surface area contributed by atoms with Crippen LogP contribution in [0.4, 0.5) is 11.4 Å². The second-order valence-electron chi connectivity index (χ2n) is 6.35. The average Bonchev–Trinajstić information content (AvgIpc) is 3.04. The molecule has 0 saturated carbocycles. The van der Waals surface area contributed by atoms with E-state index in [1.807, 2.05) is 37.3 Å². The molecule has 0 spiro atoms. The predicted molar refractivity (Wildman–Crippen MR) is 105 cm³/mol. The van der Waals surface area contributed by atoms with Crippen LogP contribution in [0.25, 0.3) is 0 Å². The molecule has 1 N–H and O–H groups in total. The van der Waals surface area contributed by atoms with Crippen molar-refractivity contribution >= 4 is 32.7 Å². The van der Waals surface area contributed by atoms with Gasteiger partial charge in [-0.3, -0.25) is 9.62 Å². The molecular weight excluding hydrogens is 354 g/mol. The lowest BCUT2D eigenvalue weighted by molar-refractivity contribution is 0.258. The van der Waals surface area contributed by atoms with Crippen molar-refractivity contribution < 1.29 is 8.42 Å². The Balaban J connectivity index is 1.63. The van der Waals surface area contributed by atoms with E-state index in [1.54, 1.807) is 6.07 Å². The Hall–Kier alpha value is -1.57. The molecule has 7 heteroatoms. The monoisotopic (exact) mass is 379 g/mol. The average molecular weight is 380 g/mol. The van der Waals surface area contributed by atoms with E-state index in [4.69, 9.17) is 0 Å². The topological polar surface area (TPSA) is 52.6 Å². The van der Waals surface area contributed by atoms with Gasteiger partial charge in [-0.15, -0.1) is 11.3 Å². The Kier molecular flexibility index (Phi) is 5.66. The van der Waals surface area contributed by atoms with Crippen LogP contribution in [0.5, 0.6) is 0 Å². The molecule has 1 saturated heterocycles. The van der Waals surface area contributed by atoms with Gasteiger partial charge in [-0.05, 0) is 56.3 Å². The molecule has 0 aliphatic carbocycles. The van der Waals surface area contributed by atoms with Gasteiger partial charge in [0.1, 0.15) is 4.21 Å². The summed E-state index contributed by atoms with van der Waals surface area (Å²) in [6, 6.07) is 11.1. The summed E-state index contributed by atoms with van der Waals surface area (Å²) in [5.41, 5.74) is 1.74. The first-order valence-electron chi connectivity index (χ1n) is 8.64. The zero-order valence-electron chi connectivity index (χ0n) is 14.7.